The maximum Gasteiger partial charge on any atom is 0.267 e. The number of rotatable bonds is 6. The number of carbonyl (C=O) groups excluding carboxylic acids is 1. The van der Waals surface area contributed by atoms with E-state index in [-0.39, 0.29) is 18.0 Å². The molecule has 3 rings (SSSR count). The Labute approximate surface area is 146 Å². The van der Waals surface area contributed by atoms with Crippen LogP contribution in [0.4, 0.5) is 0 Å². The minimum atomic E-state index is -0.284. The molecule has 0 atom stereocenters. The number of ether oxygens (including phenoxy) is 1. The monoisotopic (exact) mass is 343 g/mol. The minimum Gasteiger partial charge on any atom is -0.370 e. The number of carbonyl (C=O) groups is 1. The van der Waals surface area contributed by atoms with Crippen LogP contribution in [0.1, 0.15) is 0 Å². The average molecular weight is 343 g/mol. The Morgan fingerprint density at radius 3 is 2.68 bits per heavy atom. The Morgan fingerprint density at radius 1 is 1.16 bits per heavy atom. The third-order valence-electron chi connectivity index (χ3n) is 4.23. The van der Waals surface area contributed by atoms with E-state index < -0.39 is 0 Å². The largest absolute Gasteiger partial charge is 0.370 e. The van der Waals surface area contributed by atoms with Gasteiger partial charge in [0.25, 0.3) is 5.56 Å². The minimum absolute atomic E-state index is 0.0715. The molecule has 1 aliphatic rings. The van der Waals surface area contributed by atoms with Crippen LogP contribution in [0.3, 0.4) is 0 Å². The van der Waals surface area contributed by atoms with E-state index in [4.69, 9.17) is 4.74 Å². The highest BCUT2D eigenvalue weighted by Gasteiger charge is 2.14. The van der Waals surface area contributed by atoms with E-state index in [1.807, 2.05) is 30.3 Å². The predicted molar refractivity (Wildman–Crippen MR) is 93.3 cm³/mol. The van der Waals surface area contributed by atoms with Gasteiger partial charge in [-0.3, -0.25) is 9.59 Å². The lowest BCUT2D eigenvalue weighted by Gasteiger charge is -2.23. The van der Waals surface area contributed by atoms with E-state index in [0.29, 0.717) is 12.2 Å². The second kappa shape index (κ2) is 8.55. The highest BCUT2D eigenvalue weighted by Crippen LogP contribution is 2.13. The number of nitrogens with zero attached hydrogens (tertiary/aromatic N) is 2. The first kappa shape index (κ1) is 17.3. The first-order valence-corrected chi connectivity index (χ1v) is 8.54. The van der Waals surface area contributed by atoms with Gasteiger partial charge in [0.1, 0.15) is 19.6 Å². The first-order valence-electron chi connectivity index (χ1n) is 8.54. The topological polar surface area (TPSA) is 77.7 Å². The summed E-state index contributed by atoms with van der Waals surface area (Å²) in [5.41, 5.74) is 1.30. The Hall–Kier alpha value is -2.51. The number of morpholine rings is 1. The average Bonchev–Trinajstić information content (AvgIpc) is 2.65. The summed E-state index contributed by atoms with van der Waals surface area (Å²) in [6.45, 7) is 4.86. The fraction of sp³-hybridized carbons (Fsp3) is 0.389. The van der Waals surface area contributed by atoms with Gasteiger partial charge in [0.15, 0.2) is 0 Å². The molecule has 2 N–H and O–H groups in total. The van der Waals surface area contributed by atoms with Crippen LogP contribution < -0.4 is 15.8 Å². The molecule has 1 fully saturated rings. The summed E-state index contributed by atoms with van der Waals surface area (Å²) in [4.78, 5) is 25.5. The number of benzene rings is 1. The molecule has 0 aliphatic carbocycles. The zero-order valence-electron chi connectivity index (χ0n) is 14.1. The van der Waals surface area contributed by atoms with E-state index in [1.165, 1.54) is 15.6 Å². The summed E-state index contributed by atoms with van der Waals surface area (Å²) in [5, 5.41) is 7.17. The lowest BCUT2D eigenvalue weighted by molar-refractivity contribution is -0.906. The van der Waals surface area contributed by atoms with Crippen LogP contribution in [0.15, 0.2) is 47.3 Å². The molecule has 0 saturated carbocycles. The Morgan fingerprint density at radius 2 is 1.92 bits per heavy atom. The summed E-state index contributed by atoms with van der Waals surface area (Å²) in [6, 6.07) is 12.7. The molecule has 0 unspecified atom stereocenters. The van der Waals surface area contributed by atoms with Crippen molar-refractivity contribution in [2.75, 3.05) is 39.4 Å². The zero-order valence-corrected chi connectivity index (χ0v) is 14.1. The third kappa shape index (κ3) is 4.98. The first-order chi connectivity index (χ1) is 12.2. The van der Waals surface area contributed by atoms with Crippen molar-refractivity contribution in [2.45, 2.75) is 6.54 Å². The van der Waals surface area contributed by atoms with Crippen molar-refractivity contribution in [3.63, 3.8) is 0 Å². The van der Waals surface area contributed by atoms with Crippen LogP contribution in [0, 0.1) is 0 Å². The highest BCUT2D eigenvalue weighted by molar-refractivity contribution is 5.75. The van der Waals surface area contributed by atoms with Crippen molar-refractivity contribution >= 4 is 5.91 Å². The number of aromatic nitrogens is 2. The summed E-state index contributed by atoms with van der Waals surface area (Å²) in [7, 11) is 0. The summed E-state index contributed by atoms with van der Waals surface area (Å²) >= 11 is 0. The van der Waals surface area contributed by atoms with Gasteiger partial charge in [-0.2, -0.15) is 5.10 Å². The Kier molecular flexibility index (Phi) is 5.92. The summed E-state index contributed by atoms with van der Waals surface area (Å²) < 4.78 is 6.52. The van der Waals surface area contributed by atoms with Crippen LogP contribution in [0.2, 0.25) is 0 Å². The molecule has 0 radical (unpaired) electrons. The number of amides is 1. The van der Waals surface area contributed by atoms with Crippen LogP contribution in [-0.2, 0) is 16.1 Å². The highest BCUT2D eigenvalue weighted by atomic mass is 16.5. The third-order valence-corrected chi connectivity index (χ3v) is 4.23. The summed E-state index contributed by atoms with van der Waals surface area (Å²) in [5.74, 6) is -0.201. The standard InChI is InChI=1S/C18H22N4O3/c23-17(19-8-9-21-10-12-25-13-11-21)14-22-18(24)7-6-16(20-22)15-4-2-1-3-5-15/h1-7H,8-14H2,(H,19,23)/p+1. The van der Waals surface area contributed by atoms with E-state index in [9.17, 15) is 9.59 Å². The van der Waals surface area contributed by atoms with Crippen molar-refractivity contribution in [1.82, 2.24) is 15.1 Å². The van der Waals surface area contributed by atoms with E-state index >= 15 is 0 Å². The SMILES string of the molecule is O=C(Cn1nc(-c2ccccc2)ccc1=O)NCC[NH+]1CCOCC1. The lowest BCUT2D eigenvalue weighted by atomic mass is 10.1. The van der Waals surface area contributed by atoms with Crippen molar-refractivity contribution < 1.29 is 14.4 Å². The molecule has 7 heteroatoms. The molecule has 1 aromatic carbocycles. The van der Waals surface area contributed by atoms with Crippen LogP contribution in [0.25, 0.3) is 11.3 Å². The summed E-state index contributed by atoms with van der Waals surface area (Å²) in [6.07, 6.45) is 0. The van der Waals surface area contributed by atoms with E-state index in [1.54, 1.807) is 6.07 Å². The Bertz CT molecular complexity index is 754. The molecular formula is C18H23N4O3+. The smallest absolute Gasteiger partial charge is 0.267 e. The maximum absolute atomic E-state index is 12.1. The van der Waals surface area contributed by atoms with Crippen LogP contribution in [-0.4, -0.2) is 55.1 Å². The van der Waals surface area contributed by atoms with E-state index in [2.05, 4.69) is 10.4 Å². The van der Waals surface area contributed by atoms with Gasteiger partial charge in [-0.25, -0.2) is 4.68 Å². The van der Waals surface area contributed by atoms with Crippen molar-refractivity contribution in [2.24, 2.45) is 0 Å². The molecule has 1 aromatic heterocycles. The molecule has 1 saturated heterocycles. The molecule has 132 valence electrons. The molecule has 0 spiro atoms. The number of nitrogens with one attached hydrogen (secondary N) is 2. The maximum atomic E-state index is 12.1. The van der Waals surface area contributed by atoms with Gasteiger partial charge < -0.3 is 15.0 Å². The van der Waals surface area contributed by atoms with Crippen molar-refractivity contribution in [3.8, 4) is 11.3 Å². The molecule has 2 heterocycles. The van der Waals surface area contributed by atoms with Crippen LogP contribution in [0.5, 0.6) is 0 Å². The predicted octanol–water partition coefficient (Wildman–Crippen LogP) is -1.06. The molecule has 0 bridgehead atoms. The lowest BCUT2D eigenvalue weighted by Crippen LogP contribution is -3.14. The van der Waals surface area contributed by atoms with Gasteiger partial charge in [0.05, 0.1) is 32.0 Å². The van der Waals surface area contributed by atoms with Gasteiger partial charge in [-0.15, -0.1) is 0 Å². The number of hydrogen-bond donors (Lipinski definition) is 2. The van der Waals surface area contributed by atoms with Gasteiger partial charge in [-0.1, -0.05) is 30.3 Å². The fourth-order valence-electron chi connectivity index (χ4n) is 2.81. The molecule has 25 heavy (non-hydrogen) atoms. The second-order valence-electron chi connectivity index (χ2n) is 6.04. The molecular weight excluding hydrogens is 320 g/mol. The van der Waals surface area contributed by atoms with Crippen molar-refractivity contribution in [3.05, 3.63) is 52.8 Å². The zero-order chi connectivity index (χ0) is 17.5. The normalized spacial score (nSPS) is 15.0. The van der Waals surface area contributed by atoms with Crippen molar-refractivity contribution in [1.29, 1.82) is 0 Å². The Balaban J connectivity index is 1.56. The molecule has 1 aliphatic heterocycles. The molecule has 7 nitrogen and oxygen atoms in total. The van der Waals surface area contributed by atoms with Gasteiger partial charge in [0, 0.05) is 11.6 Å². The number of hydrogen-bond acceptors (Lipinski definition) is 4. The van der Waals surface area contributed by atoms with E-state index in [0.717, 1.165) is 38.4 Å². The van der Waals surface area contributed by atoms with Gasteiger partial charge in [-0.05, 0) is 6.07 Å². The van der Waals surface area contributed by atoms with Gasteiger partial charge >= 0.3 is 0 Å². The van der Waals surface area contributed by atoms with Gasteiger partial charge in [0.2, 0.25) is 5.91 Å². The second-order valence-corrected chi connectivity index (χ2v) is 6.04. The fourth-order valence-corrected chi connectivity index (χ4v) is 2.81. The molecule has 2 aromatic rings. The van der Waals surface area contributed by atoms with Crippen LogP contribution >= 0.6 is 0 Å². The molecule has 1 amide bonds. The number of quaternary nitrogens is 1. The quantitative estimate of drug-likeness (QED) is 0.701.